The SMILES string of the molecule is CC/C=C\C(C)(N)Oc1cc(CCCCC)cc(OC)c1. The number of hydrogen-bond donors (Lipinski definition) is 1. The maximum absolute atomic E-state index is 6.15. The summed E-state index contributed by atoms with van der Waals surface area (Å²) in [6.07, 6.45) is 9.52. The lowest BCUT2D eigenvalue weighted by Gasteiger charge is -2.23. The molecule has 0 saturated carbocycles. The van der Waals surface area contributed by atoms with Crippen LogP contribution < -0.4 is 15.2 Å². The predicted octanol–water partition coefficient (Wildman–Crippen LogP) is 4.45. The quantitative estimate of drug-likeness (QED) is 0.415. The maximum Gasteiger partial charge on any atom is 0.174 e. The van der Waals surface area contributed by atoms with E-state index in [0.29, 0.717) is 0 Å². The molecule has 0 spiro atoms. The van der Waals surface area contributed by atoms with Crippen LogP contribution in [0.3, 0.4) is 0 Å². The van der Waals surface area contributed by atoms with E-state index in [1.807, 2.05) is 25.1 Å². The molecule has 21 heavy (non-hydrogen) atoms. The molecule has 1 rings (SSSR count). The number of rotatable bonds is 9. The zero-order chi connectivity index (χ0) is 15.7. The lowest BCUT2D eigenvalue weighted by atomic mass is 10.1. The van der Waals surface area contributed by atoms with E-state index in [-0.39, 0.29) is 0 Å². The molecule has 2 N–H and O–H groups in total. The van der Waals surface area contributed by atoms with Gasteiger partial charge in [-0.3, -0.25) is 5.73 Å². The van der Waals surface area contributed by atoms with E-state index >= 15 is 0 Å². The minimum Gasteiger partial charge on any atom is -0.497 e. The fourth-order valence-corrected chi connectivity index (χ4v) is 2.17. The third-order valence-electron chi connectivity index (χ3n) is 3.27. The largest absolute Gasteiger partial charge is 0.497 e. The first kappa shape index (κ1) is 17.6. The first-order valence-electron chi connectivity index (χ1n) is 7.84. The van der Waals surface area contributed by atoms with Gasteiger partial charge in [0.05, 0.1) is 7.11 Å². The van der Waals surface area contributed by atoms with Gasteiger partial charge in [0.25, 0.3) is 0 Å². The molecular weight excluding hydrogens is 262 g/mol. The van der Waals surface area contributed by atoms with E-state index < -0.39 is 5.72 Å². The highest BCUT2D eigenvalue weighted by molar-refractivity contribution is 5.39. The van der Waals surface area contributed by atoms with Crippen molar-refractivity contribution in [2.75, 3.05) is 7.11 Å². The van der Waals surface area contributed by atoms with Crippen LogP contribution in [-0.2, 0) is 6.42 Å². The maximum atomic E-state index is 6.15. The van der Waals surface area contributed by atoms with Crippen molar-refractivity contribution in [2.24, 2.45) is 5.73 Å². The highest BCUT2D eigenvalue weighted by Crippen LogP contribution is 2.26. The van der Waals surface area contributed by atoms with Crippen molar-refractivity contribution < 1.29 is 9.47 Å². The van der Waals surface area contributed by atoms with Crippen LogP contribution in [0.1, 0.15) is 52.0 Å². The summed E-state index contributed by atoms with van der Waals surface area (Å²) >= 11 is 0. The Morgan fingerprint density at radius 1 is 1.14 bits per heavy atom. The Morgan fingerprint density at radius 3 is 2.48 bits per heavy atom. The fourth-order valence-electron chi connectivity index (χ4n) is 2.17. The Kier molecular flexibility index (Phi) is 7.30. The molecule has 0 heterocycles. The van der Waals surface area contributed by atoms with E-state index in [4.69, 9.17) is 15.2 Å². The highest BCUT2D eigenvalue weighted by Gasteiger charge is 2.16. The van der Waals surface area contributed by atoms with Crippen LogP contribution in [0.25, 0.3) is 0 Å². The van der Waals surface area contributed by atoms with Crippen molar-refractivity contribution in [1.29, 1.82) is 0 Å². The van der Waals surface area contributed by atoms with Gasteiger partial charge in [-0.15, -0.1) is 0 Å². The molecule has 0 aliphatic carbocycles. The number of unbranched alkanes of at least 4 members (excludes halogenated alkanes) is 2. The molecule has 1 aromatic rings. The summed E-state index contributed by atoms with van der Waals surface area (Å²) in [4.78, 5) is 0. The number of methoxy groups -OCH3 is 1. The smallest absolute Gasteiger partial charge is 0.174 e. The molecule has 0 aromatic heterocycles. The van der Waals surface area contributed by atoms with Crippen molar-refractivity contribution >= 4 is 0 Å². The molecule has 0 radical (unpaired) electrons. The average molecular weight is 291 g/mol. The minimum atomic E-state index is -0.803. The lowest BCUT2D eigenvalue weighted by molar-refractivity contribution is 0.147. The summed E-state index contributed by atoms with van der Waals surface area (Å²) in [5, 5.41) is 0. The zero-order valence-corrected chi connectivity index (χ0v) is 13.8. The molecule has 0 fully saturated rings. The van der Waals surface area contributed by atoms with Crippen molar-refractivity contribution in [3.8, 4) is 11.5 Å². The molecule has 1 aromatic carbocycles. The van der Waals surface area contributed by atoms with E-state index in [1.54, 1.807) is 7.11 Å². The Morgan fingerprint density at radius 2 is 1.86 bits per heavy atom. The minimum absolute atomic E-state index is 0.756. The van der Waals surface area contributed by atoms with Crippen LogP contribution >= 0.6 is 0 Å². The molecule has 3 heteroatoms. The van der Waals surface area contributed by atoms with Gasteiger partial charge in [0.2, 0.25) is 0 Å². The van der Waals surface area contributed by atoms with E-state index in [2.05, 4.69) is 26.0 Å². The van der Waals surface area contributed by atoms with Crippen molar-refractivity contribution in [3.05, 3.63) is 35.9 Å². The fraction of sp³-hybridized carbons (Fsp3) is 0.556. The monoisotopic (exact) mass is 291 g/mol. The molecule has 0 amide bonds. The van der Waals surface area contributed by atoms with Crippen LogP contribution in [0.5, 0.6) is 11.5 Å². The first-order valence-corrected chi connectivity index (χ1v) is 7.84. The average Bonchev–Trinajstić information content (AvgIpc) is 2.44. The molecule has 0 aliphatic rings. The zero-order valence-electron chi connectivity index (χ0n) is 13.8. The molecule has 118 valence electrons. The van der Waals surface area contributed by atoms with Gasteiger partial charge >= 0.3 is 0 Å². The number of hydrogen-bond acceptors (Lipinski definition) is 3. The molecule has 0 bridgehead atoms. The molecular formula is C18H29NO2. The van der Waals surface area contributed by atoms with Gasteiger partial charge in [0.1, 0.15) is 11.5 Å². The number of benzene rings is 1. The Hall–Kier alpha value is -1.48. The molecule has 1 unspecified atom stereocenters. The number of allylic oxidation sites excluding steroid dienone is 1. The Labute approximate surface area is 129 Å². The highest BCUT2D eigenvalue weighted by atomic mass is 16.5. The first-order chi connectivity index (χ1) is 10.0. The van der Waals surface area contributed by atoms with Gasteiger partial charge in [-0.25, -0.2) is 0 Å². The third-order valence-corrected chi connectivity index (χ3v) is 3.27. The predicted molar refractivity (Wildman–Crippen MR) is 88.9 cm³/mol. The van der Waals surface area contributed by atoms with Crippen molar-refractivity contribution in [3.63, 3.8) is 0 Å². The van der Waals surface area contributed by atoms with E-state index in [9.17, 15) is 0 Å². The summed E-state index contributed by atoms with van der Waals surface area (Å²) in [5.41, 5.74) is 6.58. The normalized spacial score (nSPS) is 14.1. The van der Waals surface area contributed by atoms with Gasteiger partial charge in [0, 0.05) is 6.07 Å². The van der Waals surface area contributed by atoms with Crippen LogP contribution in [0.2, 0.25) is 0 Å². The van der Waals surface area contributed by atoms with Gasteiger partial charge in [0.15, 0.2) is 5.72 Å². The van der Waals surface area contributed by atoms with Gasteiger partial charge in [-0.2, -0.15) is 0 Å². The standard InChI is InChI=1S/C18H29NO2/c1-5-7-9-10-15-12-16(20-4)14-17(13-15)21-18(3,19)11-8-6-2/h8,11-14H,5-7,9-10,19H2,1-4H3/b11-8-. The number of nitrogens with two attached hydrogens (primary N) is 1. The molecule has 3 nitrogen and oxygen atoms in total. The van der Waals surface area contributed by atoms with E-state index in [1.165, 1.54) is 24.8 Å². The van der Waals surface area contributed by atoms with Gasteiger partial charge < -0.3 is 9.47 Å². The van der Waals surface area contributed by atoms with E-state index in [0.717, 1.165) is 24.3 Å². The van der Waals surface area contributed by atoms with Crippen molar-refractivity contribution in [1.82, 2.24) is 0 Å². The second kappa shape index (κ2) is 8.73. The van der Waals surface area contributed by atoms with Crippen molar-refractivity contribution in [2.45, 2.75) is 58.6 Å². The van der Waals surface area contributed by atoms with Crippen LogP contribution in [0, 0.1) is 0 Å². The van der Waals surface area contributed by atoms with Crippen LogP contribution in [0.4, 0.5) is 0 Å². The Balaban J connectivity index is 2.85. The molecule has 0 aliphatic heterocycles. The number of ether oxygens (including phenoxy) is 2. The molecule has 1 atom stereocenters. The topological polar surface area (TPSA) is 44.5 Å². The lowest BCUT2D eigenvalue weighted by Crippen LogP contribution is -2.40. The van der Waals surface area contributed by atoms with Crippen LogP contribution in [-0.4, -0.2) is 12.8 Å². The summed E-state index contributed by atoms with van der Waals surface area (Å²) in [5.74, 6) is 1.57. The summed E-state index contributed by atoms with van der Waals surface area (Å²) in [6.45, 7) is 6.14. The summed E-state index contributed by atoms with van der Waals surface area (Å²) in [7, 11) is 1.67. The summed E-state index contributed by atoms with van der Waals surface area (Å²) in [6, 6.07) is 6.01. The second-order valence-electron chi connectivity index (χ2n) is 5.57. The number of aryl methyl sites for hydroxylation is 1. The van der Waals surface area contributed by atoms with Crippen LogP contribution in [0.15, 0.2) is 30.4 Å². The second-order valence-corrected chi connectivity index (χ2v) is 5.57. The van der Waals surface area contributed by atoms with Gasteiger partial charge in [-0.05, 0) is 50.0 Å². The molecule has 0 saturated heterocycles. The van der Waals surface area contributed by atoms with Gasteiger partial charge in [-0.1, -0.05) is 32.8 Å². The summed E-state index contributed by atoms with van der Waals surface area (Å²) < 4.78 is 11.3. The Bertz CT molecular complexity index is 453. The third kappa shape index (κ3) is 6.67.